The van der Waals surface area contributed by atoms with Crippen molar-refractivity contribution in [2.24, 2.45) is 0 Å². The van der Waals surface area contributed by atoms with Crippen LogP contribution in [0.4, 0.5) is 5.82 Å². The fourth-order valence-electron chi connectivity index (χ4n) is 3.12. The highest BCUT2D eigenvalue weighted by Gasteiger charge is 2.19. The van der Waals surface area contributed by atoms with Crippen molar-refractivity contribution in [1.29, 1.82) is 0 Å². The average molecular weight is 382 g/mol. The molecule has 2 N–H and O–H groups in total. The lowest BCUT2D eigenvalue weighted by Gasteiger charge is -2.16. The smallest absolute Gasteiger partial charge is 0.252 e. The molecule has 7 nitrogen and oxygen atoms in total. The molecule has 1 aliphatic rings. The molecule has 1 fully saturated rings. The van der Waals surface area contributed by atoms with Crippen LogP contribution in [0.25, 0.3) is 0 Å². The van der Waals surface area contributed by atoms with Gasteiger partial charge in [-0.15, -0.1) is 0 Å². The summed E-state index contributed by atoms with van der Waals surface area (Å²) >= 11 is 0. The normalized spacial score (nSPS) is 13.6. The van der Waals surface area contributed by atoms with Crippen molar-refractivity contribution < 1.29 is 14.3 Å². The van der Waals surface area contributed by atoms with Crippen LogP contribution in [0, 0.1) is 0 Å². The molecule has 1 saturated heterocycles. The van der Waals surface area contributed by atoms with Crippen LogP contribution in [0.2, 0.25) is 0 Å². The largest absolute Gasteiger partial charge is 0.383 e. The van der Waals surface area contributed by atoms with Gasteiger partial charge in [-0.1, -0.05) is 24.3 Å². The van der Waals surface area contributed by atoms with E-state index in [1.807, 2.05) is 23.1 Å². The van der Waals surface area contributed by atoms with Crippen LogP contribution in [0.5, 0.6) is 0 Å². The van der Waals surface area contributed by atoms with Crippen molar-refractivity contribution in [2.75, 3.05) is 32.1 Å². The Hall–Kier alpha value is -2.93. The van der Waals surface area contributed by atoms with Gasteiger partial charge in [-0.05, 0) is 29.7 Å². The van der Waals surface area contributed by atoms with Gasteiger partial charge in [0.25, 0.3) is 5.91 Å². The van der Waals surface area contributed by atoms with Gasteiger partial charge >= 0.3 is 0 Å². The van der Waals surface area contributed by atoms with Gasteiger partial charge in [-0.25, -0.2) is 4.98 Å². The maximum atomic E-state index is 12.0. The fourth-order valence-corrected chi connectivity index (χ4v) is 3.12. The van der Waals surface area contributed by atoms with Crippen molar-refractivity contribution in [3.05, 3.63) is 59.3 Å². The molecule has 0 unspecified atom stereocenters. The number of hydrogen-bond donors (Lipinski definition) is 2. The van der Waals surface area contributed by atoms with Crippen LogP contribution in [0.3, 0.4) is 0 Å². The minimum Gasteiger partial charge on any atom is -0.383 e. The number of carbonyl (C=O) groups excluding carboxylic acids is 2. The molecule has 2 heterocycles. The molecule has 1 aromatic carbocycles. The lowest BCUT2D eigenvalue weighted by Crippen LogP contribution is -2.27. The standard InChI is InChI=1S/C21H26N4O3/c1-28-11-9-22-21(27)18-7-8-19(24-14-18)23-13-16-4-2-5-17(12-16)15-25-10-3-6-20(25)26/h2,4-5,7-8,12,14H,3,6,9-11,13,15H2,1H3,(H,22,27)(H,23,24). The summed E-state index contributed by atoms with van der Waals surface area (Å²) in [6.07, 6.45) is 3.17. The Kier molecular flexibility index (Phi) is 6.97. The number of hydrogen-bond acceptors (Lipinski definition) is 5. The third-order valence-electron chi connectivity index (χ3n) is 4.63. The summed E-state index contributed by atoms with van der Waals surface area (Å²) in [5.74, 6) is 0.771. The monoisotopic (exact) mass is 382 g/mol. The highest BCUT2D eigenvalue weighted by molar-refractivity contribution is 5.94. The molecule has 1 aromatic heterocycles. The van der Waals surface area contributed by atoms with Gasteiger partial charge in [0, 0.05) is 45.9 Å². The van der Waals surface area contributed by atoms with Crippen LogP contribution < -0.4 is 10.6 Å². The first-order valence-corrected chi connectivity index (χ1v) is 9.48. The summed E-state index contributed by atoms with van der Waals surface area (Å²) in [7, 11) is 1.59. The van der Waals surface area contributed by atoms with Crippen LogP contribution in [0.1, 0.15) is 34.3 Å². The minimum absolute atomic E-state index is 0.166. The van der Waals surface area contributed by atoms with E-state index >= 15 is 0 Å². The van der Waals surface area contributed by atoms with E-state index in [0.29, 0.717) is 44.0 Å². The predicted molar refractivity (Wildman–Crippen MR) is 107 cm³/mol. The number of aromatic nitrogens is 1. The van der Waals surface area contributed by atoms with Gasteiger partial charge in [0.2, 0.25) is 5.91 Å². The van der Waals surface area contributed by atoms with E-state index in [-0.39, 0.29) is 11.8 Å². The van der Waals surface area contributed by atoms with E-state index in [0.717, 1.165) is 24.1 Å². The predicted octanol–water partition coefficient (Wildman–Crippen LogP) is 2.19. The SMILES string of the molecule is COCCNC(=O)c1ccc(NCc2cccc(CN3CCCC3=O)c2)nc1. The maximum Gasteiger partial charge on any atom is 0.252 e. The topological polar surface area (TPSA) is 83.6 Å². The van der Waals surface area contributed by atoms with Crippen molar-refractivity contribution >= 4 is 17.6 Å². The quantitative estimate of drug-likeness (QED) is 0.650. The Bertz CT molecular complexity index is 808. The number of anilines is 1. The third kappa shape index (κ3) is 5.53. The van der Waals surface area contributed by atoms with Gasteiger partial charge in [0.1, 0.15) is 5.82 Å². The first-order chi connectivity index (χ1) is 13.7. The van der Waals surface area contributed by atoms with E-state index in [4.69, 9.17) is 4.74 Å². The van der Waals surface area contributed by atoms with E-state index in [1.54, 1.807) is 25.4 Å². The number of likely N-dealkylation sites (tertiary alicyclic amines) is 1. The molecule has 2 aromatic rings. The van der Waals surface area contributed by atoms with Crippen LogP contribution in [-0.4, -0.2) is 48.5 Å². The lowest BCUT2D eigenvalue weighted by atomic mass is 10.1. The number of nitrogens with zero attached hydrogens (tertiary/aromatic N) is 2. The van der Waals surface area contributed by atoms with Gasteiger partial charge in [-0.2, -0.15) is 0 Å². The minimum atomic E-state index is -0.166. The first-order valence-electron chi connectivity index (χ1n) is 9.48. The number of carbonyl (C=O) groups is 2. The Balaban J connectivity index is 1.52. The average Bonchev–Trinajstić information content (AvgIpc) is 3.11. The Labute approximate surface area is 165 Å². The van der Waals surface area contributed by atoms with E-state index < -0.39 is 0 Å². The molecule has 0 atom stereocenters. The molecule has 0 saturated carbocycles. The number of nitrogens with one attached hydrogen (secondary N) is 2. The molecule has 0 aliphatic carbocycles. The van der Waals surface area contributed by atoms with E-state index in [9.17, 15) is 9.59 Å². The third-order valence-corrected chi connectivity index (χ3v) is 4.63. The highest BCUT2D eigenvalue weighted by atomic mass is 16.5. The van der Waals surface area contributed by atoms with Gasteiger partial charge in [-0.3, -0.25) is 9.59 Å². The molecule has 28 heavy (non-hydrogen) atoms. The molecular weight excluding hydrogens is 356 g/mol. The van der Waals surface area contributed by atoms with E-state index in [2.05, 4.69) is 21.7 Å². The molecule has 1 aliphatic heterocycles. The number of pyridine rings is 1. The summed E-state index contributed by atoms with van der Waals surface area (Å²) in [4.78, 5) is 30.0. The fraction of sp³-hybridized carbons (Fsp3) is 0.381. The number of rotatable bonds is 9. The summed E-state index contributed by atoms with van der Waals surface area (Å²) in [5.41, 5.74) is 2.76. The molecule has 2 amide bonds. The van der Waals surface area contributed by atoms with Crippen LogP contribution >= 0.6 is 0 Å². The number of methoxy groups -OCH3 is 1. The van der Waals surface area contributed by atoms with Crippen LogP contribution in [0.15, 0.2) is 42.6 Å². The second-order valence-corrected chi connectivity index (χ2v) is 6.77. The number of ether oxygens (including phenoxy) is 1. The molecule has 0 spiro atoms. The van der Waals surface area contributed by atoms with Gasteiger partial charge in [0.05, 0.1) is 12.2 Å². The zero-order chi connectivity index (χ0) is 19.8. The summed E-state index contributed by atoms with van der Waals surface area (Å²) < 4.78 is 4.91. The van der Waals surface area contributed by atoms with Gasteiger partial charge < -0.3 is 20.3 Å². The molecule has 0 bridgehead atoms. The Morgan fingerprint density at radius 3 is 2.82 bits per heavy atom. The Morgan fingerprint density at radius 1 is 1.25 bits per heavy atom. The molecule has 0 radical (unpaired) electrons. The Morgan fingerprint density at radius 2 is 2.11 bits per heavy atom. The molecule has 7 heteroatoms. The zero-order valence-corrected chi connectivity index (χ0v) is 16.1. The molecular formula is C21H26N4O3. The van der Waals surface area contributed by atoms with Crippen molar-refractivity contribution in [3.63, 3.8) is 0 Å². The van der Waals surface area contributed by atoms with Gasteiger partial charge in [0.15, 0.2) is 0 Å². The second-order valence-electron chi connectivity index (χ2n) is 6.77. The summed E-state index contributed by atoms with van der Waals surface area (Å²) in [6.45, 7) is 3.07. The summed E-state index contributed by atoms with van der Waals surface area (Å²) in [6, 6.07) is 11.7. The number of benzene rings is 1. The maximum absolute atomic E-state index is 12.0. The van der Waals surface area contributed by atoms with Crippen molar-refractivity contribution in [3.8, 4) is 0 Å². The molecule has 3 rings (SSSR count). The van der Waals surface area contributed by atoms with E-state index in [1.165, 1.54) is 0 Å². The lowest BCUT2D eigenvalue weighted by molar-refractivity contribution is -0.128. The van der Waals surface area contributed by atoms with Crippen LogP contribution in [-0.2, 0) is 22.6 Å². The highest BCUT2D eigenvalue weighted by Crippen LogP contribution is 2.16. The number of amides is 2. The van der Waals surface area contributed by atoms with Crippen molar-refractivity contribution in [1.82, 2.24) is 15.2 Å². The molecule has 148 valence electrons. The zero-order valence-electron chi connectivity index (χ0n) is 16.1. The second kappa shape index (κ2) is 9.85. The summed E-state index contributed by atoms with van der Waals surface area (Å²) in [5, 5.41) is 6.03. The van der Waals surface area contributed by atoms with Crippen molar-refractivity contribution in [2.45, 2.75) is 25.9 Å². The first kappa shape index (κ1) is 19.8.